The van der Waals surface area contributed by atoms with Crippen molar-refractivity contribution in [2.75, 3.05) is 17.7 Å². The van der Waals surface area contributed by atoms with Crippen LogP contribution in [0.15, 0.2) is 48.5 Å². The molecule has 0 aliphatic heterocycles. The maximum absolute atomic E-state index is 13.5. The van der Waals surface area contributed by atoms with Crippen LogP contribution in [-0.2, 0) is 4.79 Å². The third-order valence-electron chi connectivity index (χ3n) is 7.25. The van der Waals surface area contributed by atoms with Crippen LogP contribution in [-0.4, -0.2) is 23.8 Å². The molecule has 2 aromatic carbocycles. The summed E-state index contributed by atoms with van der Waals surface area (Å²) < 4.78 is 5.33. The van der Waals surface area contributed by atoms with Crippen LogP contribution < -0.4 is 15.4 Å². The first-order chi connectivity index (χ1) is 14.9. The van der Waals surface area contributed by atoms with Gasteiger partial charge in [-0.2, -0.15) is 0 Å². The molecular weight excluding hydrogens is 412 g/mol. The third kappa shape index (κ3) is 3.69. The Morgan fingerprint density at radius 1 is 0.935 bits per heavy atom. The van der Waals surface area contributed by atoms with E-state index in [1.54, 1.807) is 37.4 Å². The fourth-order valence-corrected chi connectivity index (χ4v) is 7.09. The van der Waals surface area contributed by atoms with Gasteiger partial charge in [-0.15, -0.1) is 11.6 Å². The Balaban J connectivity index is 1.37. The van der Waals surface area contributed by atoms with E-state index in [-0.39, 0.29) is 16.7 Å². The van der Waals surface area contributed by atoms with Crippen LogP contribution >= 0.6 is 11.6 Å². The average molecular weight is 439 g/mol. The largest absolute Gasteiger partial charge is 0.495 e. The van der Waals surface area contributed by atoms with Crippen molar-refractivity contribution in [3.63, 3.8) is 0 Å². The minimum Gasteiger partial charge on any atom is -0.495 e. The Morgan fingerprint density at radius 3 is 2.26 bits per heavy atom. The van der Waals surface area contributed by atoms with Crippen molar-refractivity contribution in [1.29, 1.82) is 0 Å². The monoisotopic (exact) mass is 438 g/mol. The lowest BCUT2D eigenvalue weighted by Crippen LogP contribution is -2.57. The molecule has 0 unspecified atom stereocenters. The highest BCUT2D eigenvalue weighted by atomic mass is 35.5. The second kappa shape index (κ2) is 7.56. The quantitative estimate of drug-likeness (QED) is 0.609. The summed E-state index contributed by atoms with van der Waals surface area (Å²) >= 11 is 6.91. The average Bonchev–Trinajstić information content (AvgIpc) is 2.72. The molecule has 2 N–H and O–H groups in total. The minimum absolute atomic E-state index is 0.00386. The Morgan fingerprint density at radius 2 is 1.58 bits per heavy atom. The van der Waals surface area contributed by atoms with E-state index in [2.05, 4.69) is 10.6 Å². The molecule has 4 aliphatic carbocycles. The predicted octanol–water partition coefficient (Wildman–Crippen LogP) is 5.46. The molecular formula is C25H27ClN2O3. The first kappa shape index (κ1) is 20.4. The number of methoxy groups -OCH3 is 1. The molecule has 162 valence electrons. The summed E-state index contributed by atoms with van der Waals surface area (Å²) in [6.45, 7) is 0. The predicted molar refractivity (Wildman–Crippen MR) is 122 cm³/mol. The molecule has 0 saturated heterocycles. The zero-order valence-corrected chi connectivity index (χ0v) is 18.4. The van der Waals surface area contributed by atoms with Gasteiger partial charge in [-0.1, -0.05) is 24.3 Å². The van der Waals surface area contributed by atoms with Crippen LogP contribution in [0.2, 0.25) is 0 Å². The molecule has 2 amide bonds. The molecule has 31 heavy (non-hydrogen) atoms. The number of carbonyl (C=O) groups is 2. The number of hydrogen-bond acceptors (Lipinski definition) is 3. The number of halogens is 1. The normalized spacial score (nSPS) is 30.6. The molecule has 4 fully saturated rings. The molecule has 0 spiro atoms. The Bertz CT molecular complexity index is 1020. The zero-order chi connectivity index (χ0) is 21.6. The second-order valence-corrected chi connectivity index (χ2v) is 10.3. The molecule has 0 heterocycles. The highest BCUT2D eigenvalue weighted by Gasteiger charge is 2.60. The van der Waals surface area contributed by atoms with Crippen LogP contribution in [0, 0.1) is 17.3 Å². The molecule has 2 aromatic rings. The summed E-state index contributed by atoms with van der Waals surface area (Å²) in [5, 5.41) is 5.99. The molecule has 6 heteroatoms. The molecule has 2 atom stereocenters. The second-order valence-electron chi connectivity index (χ2n) is 9.55. The SMILES string of the molecule is COc1ccccc1NC(=O)c1ccccc1NC(=O)C12C[C@H]3C[C@@H](CC(Cl)(C3)C1)C2. The van der Waals surface area contributed by atoms with Gasteiger partial charge in [-0.05, 0) is 74.6 Å². The molecule has 6 rings (SSSR count). The van der Waals surface area contributed by atoms with Crippen molar-refractivity contribution in [2.24, 2.45) is 17.3 Å². The number of alkyl halides is 1. The van der Waals surface area contributed by atoms with Crippen LogP contribution in [0.4, 0.5) is 11.4 Å². The van der Waals surface area contributed by atoms with Crippen molar-refractivity contribution in [2.45, 2.75) is 43.4 Å². The van der Waals surface area contributed by atoms with Gasteiger partial charge in [-0.3, -0.25) is 9.59 Å². The number of nitrogens with one attached hydrogen (secondary N) is 2. The summed E-state index contributed by atoms with van der Waals surface area (Å²) in [5.41, 5.74) is 1.12. The lowest BCUT2D eigenvalue weighted by atomic mass is 9.49. The van der Waals surface area contributed by atoms with Crippen LogP contribution in [0.25, 0.3) is 0 Å². The zero-order valence-electron chi connectivity index (χ0n) is 17.6. The molecule has 0 aromatic heterocycles. The van der Waals surface area contributed by atoms with Crippen molar-refractivity contribution in [3.8, 4) is 5.75 Å². The lowest BCUT2D eigenvalue weighted by molar-refractivity contribution is -0.138. The number of ether oxygens (including phenoxy) is 1. The van der Waals surface area contributed by atoms with Gasteiger partial charge in [0.15, 0.2) is 0 Å². The van der Waals surface area contributed by atoms with E-state index >= 15 is 0 Å². The van der Waals surface area contributed by atoms with Gasteiger partial charge in [0, 0.05) is 4.87 Å². The number of benzene rings is 2. The highest BCUT2D eigenvalue weighted by Crippen LogP contribution is 2.64. The van der Waals surface area contributed by atoms with Gasteiger partial charge < -0.3 is 15.4 Å². The number of amides is 2. The Hall–Kier alpha value is -2.53. The smallest absolute Gasteiger partial charge is 0.257 e. The van der Waals surface area contributed by atoms with Crippen molar-refractivity contribution < 1.29 is 14.3 Å². The van der Waals surface area contributed by atoms with E-state index in [1.807, 2.05) is 18.2 Å². The Labute approximate surface area is 187 Å². The molecule has 5 nitrogen and oxygen atoms in total. The topological polar surface area (TPSA) is 67.4 Å². The summed E-state index contributed by atoms with van der Waals surface area (Å²) in [4.78, 5) is 26.3. The van der Waals surface area contributed by atoms with Crippen molar-refractivity contribution >= 4 is 34.8 Å². The number of rotatable bonds is 5. The summed E-state index contributed by atoms with van der Waals surface area (Å²) in [7, 11) is 1.56. The molecule has 4 bridgehead atoms. The highest BCUT2D eigenvalue weighted by molar-refractivity contribution is 6.24. The first-order valence-electron chi connectivity index (χ1n) is 10.9. The number of para-hydroxylation sites is 3. The number of hydrogen-bond donors (Lipinski definition) is 2. The van der Waals surface area contributed by atoms with E-state index in [0.29, 0.717) is 34.5 Å². The van der Waals surface area contributed by atoms with Gasteiger partial charge in [-0.25, -0.2) is 0 Å². The van der Waals surface area contributed by atoms with Gasteiger partial charge in [0.25, 0.3) is 5.91 Å². The fraction of sp³-hybridized carbons (Fsp3) is 0.440. The number of carbonyl (C=O) groups excluding carboxylic acids is 2. The van der Waals surface area contributed by atoms with E-state index in [0.717, 1.165) is 32.1 Å². The van der Waals surface area contributed by atoms with E-state index < -0.39 is 5.41 Å². The van der Waals surface area contributed by atoms with Crippen LogP contribution in [0.5, 0.6) is 5.75 Å². The van der Waals surface area contributed by atoms with Crippen molar-refractivity contribution in [1.82, 2.24) is 0 Å². The van der Waals surface area contributed by atoms with Crippen LogP contribution in [0.3, 0.4) is 0 Å². The standard InChI is InChI=1S/C25H27ClN2O3/c1-31-21-9-5-4-8-20(21)27-22(29)18-6-2-3-7-19(18)28-23(30)24-11-16-10-17(12-24)14-25(26,13-16)15-24/h2-9,16-17H,10-15H2,1H3,(H,27,29)(H,28,30)/t16-,17-,24?,25?/m1/s1. The van der Waals surface area contributed by atoms with E-state index in [4.69, 9.17) is 16.3 Å². The maximum Gasteiger partial charge on any atom is 0.257 e. The molecule has 4 aliphatic rings. The first-order valence-corrected chi connectivity index (χ1v) is 11.3. The van der Waals surface area contributed by atoms with Gasteiger partial charge in [0.2, 0.25) is 5.91 Å². The minimum atomic E-state index is -0.419. The Kier molecular flexibility index (Phi) is 4.97. The van der Waals surface area contributed by atoms with Gasteiger partial charge in [0.05, 0.1) is 29.5 Å². The number of anilines is 2. The lowest BCUT2D eigenvalue weighted by Gasteiger charge is -2.59. The maximum atomic E-state index is 13.5. The van der Waals surface area contributed by atoms with E-state index in [1.165, 1.54) is 6.42 Å². The summed E-state index contributed by atoms with van der Waals surface area (Å²) in [6.07, 6.45) is 5.78. The molecule has 4 saturated carbocycles. The van der Waals surface area contributed by atoms with Crippen LogP contribution in [0.1, 0.15) is 48.9 Å². The summed E-state index contributed by atoms with van der Waals surface area (Å²) in [6, 6.07) is 14.4. The summed E-state index contributed by atoms with van der Waals surface area (Å²) in [5.74, 6) is 1.37. The van der Waals surface area contributed by atoms with Crippen molar-refractivity contribution in [3.05, 3.63) is 54.1 Å². The fourth-order valence-electron chi connectivity index (χ4n) is 6.40. The molecule has 0 radical (unpaired) electrons. The third-order valence-corrected chi connectivity index (χ3v) is 7.69. The van der Waals surface area contributed by atoms with Gasteiger partial charge >= 0.3 is 0 Å². The van der Waals surface area contributed by atoms with E-state index in [9.17, 15) is 9.59 Å². The van der Waals surface area contributed by atoms with Gasteiger partial charge in [0.1, 0.15) is 5.75 Å².